The summed E-state index contributed by atoms with van der Waals surface area (Å²) in [6.45, 7) is 4.04. The van der Waals surface area contributed by atoms with Crippen LogP contribution in [-0.2, 0) is 6.42 Å². The third-order valence-electron chi connectivity index (χ3n) is 3.32. The zero-order valence-electron chi connectivity index (χ0n) is 11.7. The molecule has 104 valence electrons. The lowest BCUT2D eigenvalue weighted by molar-refractivity contribution is 0.0940. The summed E-state index contributed by atoms with van der Waals surface area (Å²) in [7, 11) is 0. The van der Waals surface area contributed by atoms with Gasteiger partial charge in [-0.05, 0) is 48.7 Å². The third-order valence-corrected chi connectivity index (χ3v) is 3.56. The summed E-state index contributed by atoms with van der Waals surface area (Å²) in [4.78, 5) is 12.2. The van der Waals surface area contributed by atoms with Crippen molar-refractivity contribution in [2.45, 2.75) is 26.3 Å². The molecule has 0 fully saturated rings. The Morgan fingerprint density at radius 3 is 2.50 bits per heavy atom. The molecule has 0 heterocycles. The number of aryl methyl sites for hydroxylation is 1. The molecule has 1 N–H and O–H groups in total. The molecule has 0 radical (unpaired) electrons. The van der Waals surface area contributed by atoms with Crippen LogP contribution in [0, 0.1) is 0 Å². The molecule has 0 aliphatic carbocycles. The lowest BCUT2D eigenvalue weighted by Crippen LogP contribution is -2.26. The van der Waals surface area contributed by atoms with Crippen LogP contribution in [0.2, 0.25) is 5.02 Å². The summed E-state index contributed by atoms with van der Waals surface area (Å²) in [6, 6.07) is 15.1. The maximum Gasteiger partial charge on any atom is 0.251 e. The minimum Gasteiger partial charge on any atom is -0.346 e. The Bertz CT molecular complexity index is 592. The summed E-state index contributed by atoms with van der Waals surface area (Å²) >= 11 is 5.96. The van der Waals surface area contributed by atoms with Crippen molar-refractivity contribution in [1.82, 2.24) is 5.32 Å². The van der Waals surface area contributed by atoms with E-state index in [0.29, 0.717) is 10.6 Å². The van der Waals surface area contributed by atoms with Crippen molar-refractivity contribution in [1.29, 1.82) is 0 Å². The van der Waals surface area contributed by atoms with Crippen LogP contribution in [0.25, 0.3) is 0 Å². The van der Waals surface area contributed by atoms with Gasteiger partial charge in [0.15, 0.2) is 0 Å². The zero-order valence-corrected chi connectivity index (χ0v) is 12.4. The van der Waals surface area contributed by atoms with Gasteiger partial charge in [-0.2, -0.15) is 0 Å². The lowest BCUT2D eigenvalue weighted by Gasteiger charge is -2.14. The number of hydrogen-bond donors (Lipinski definition) is 1. The van der Waals surface area contributed by atoms with E-state index in [1.165, 1.54) is 5.56 Å². The molecule has 0 bridgehead atoms. The zero-order chi connectivity index (χ0) is 14.5. The molecule has 2 nitrogen and oxygen atoms in total. The molecule has 0 aliphatic heterocycles. The molecule has 1 unspecified atom stereocenters. The third kappa shape index (κ3) is 3.61. The number of nitrogens with one attached hydrogen (secondary N) is 1. The summed E-state index contributed by atoms with van der Waals surface area (Å²) < 4.78 is 0. The maximum atomic E-state index is 12.2. The average molecular weight is 288 g/mol. The Kier molecular flexibility index (Phi) is 4.80. The monoisotopic (exact) mass is 287 g/mol. The van der Waals surface area contributed by atoms with Gasteiger partial charge in [0.1, 0.15) is 0 Å². The fourth-order valence-corrected chi connectivity index (χ4v) is 2.23. The minimum atomic E-state index is -0.0768. The summed E-state index contributed by atoms with van der Waals surface area (Å²) in [5.41, 5.74) is 2.90. The number of halogens is 1. The molecule has 0 saturated heterocycles. The van der Waals surface area contributed by atoms with E-state index in [0.717, 1.165) is 12.0 Å². The smallest absolute Gasteiger partial charge is 0.251 e. The van der Waals surface area contributed by atoms with Crippen LogP contribution in [0.5, 0.6) is 0 Å². The van der Waals surface area contributed by atoms with Crippen molar-refractivity contribution in [3.05, 3.63) is 70.2 Å². The Labute approximate surface area is 124 Å². The fraction of sp³-hybridized carbons (Fsp3) is 0.235. The van der Waals surface area contributed by atoms with Gasteiger partial charge >= 0.3 is 0 Å². The van der Waals surface area contributed by atoms with Crippen molar-refractivity contribution >= 4 is 17.5 Å². The number of carbonyl (C=O) groups excluding carboxylic acids is 1. The van der Waals surface area contributed by atoms with Gasteiger partial charge in [0, 0.05) is 10.6 Å². The van der Waals surface area contributed by atoms with Crippen molar-refractivity contribution in [2.24, 2.45) is 0 Å². The van der Waals surface area contributed by atoms with Crippen LogP contribution < -0.4 is 5.32 Å². The Balaban J connectivity index is 2.06. The molecular weight excluding hydrogens is 270 g/mol. The van der Waals surface area contributed by atoms with Crippen molar-refractivity contribution < 1.29 is 4.79 Å². The molecule has 1 atom stereocenters. The second kappa shape index (κ2) is 6.58. The summed E-state index contributed by atoms with van der Waals surface area (Å²) in [6.07, 6.45) is 0.973. The topological polar surface area (TPSA) is 29.1 Å². The molecule has 0 saturated carbocycles. The van der Waals surface area contributed by atoms with E-state index in [4.69, 9.17) is 11.6 Å². The SMILES string of the molecule is CCc1ccc(C(=O)NC(C)c2cccc(Cl)c2)cc1. The number of benzene rings is 2. The standard InChI is InChI=1S/C17H18ClNO/c1-3-13-7-9-14(10-8-13)17(20)19-12(2)15-5-4-6-16(18)11-15/h4-12H,3H2,1-2H3,(H,19,20). The first kappa shape index (κ1) is 14.6. The number of amides is 1. The predicted octanol–water partition coefficient (Wildman–Crippen LogP) is 4.39. The van der Waals surface area contributed by atoms with Crippen LogP contribution in [0.15, 0.2) is 48.5 Å². The van der Waals surface area contributed by atoms with Gasteiger partial charge in [-0.25, -0.2) is 0 Å². The highest BCUT2D eigenvalue weighted by Crippen LogP contribution is 2.18. The van der Waals surface area contributed by atoms with E-state index in [-0.39, 0.29) is 11.9 Å². The highest BCUT2D eigenvalue weighted by atomic mass is 35.5. The van der Waals surface area contributed by atoms with Crippen LogP contribution in [0.1, 0.15) is 41.4 Å². The van der Waals surface area contributed by atoms with E-state index in [2.05, 4.69) is 12.2 Å². The highest BCUT2D eigenvalue weighted by Gasteiger charge is 2.11. The first-order valence-corrected chi connectivity index (χ1v) is 7.13. The molecule has 1 amide bonds. The quantitative estimate of drug-likeness (QED) is 0.887. The Hall–Kier alpha value is -1.80. The van der Waals surface area contributed by atoms with E-state index in [1.54, 1.807) is 0 Å². The molecule has 3 heteroatoms. The first-order chi connectivity index (χ1) is 9.60. The van der Waals surface area contributed by atoms with Crippen LogP contribution in [-0.4, -0.2) is 5.91 Å². The second-order valence-electron chi connectivity index (χ2n) is 4.80. The molecule has 2 aromatic rings. The fourth-order valence-electron chi connectivity index (χ4n) is 2.03. The molecule has 2 aromatic carbocycles. The van der Waals surface area contributed by atoms with Gasteiger partial charge in [0.2, 0.25) is 0 Å². The highest BCUT2D eigenvalue weighted by molar-refractivity contribution is 6.30. The number of rotatable bonds is 4. The number of carbonyl (C=O) groups is 1. The van der Waals surface area contributed by atoms with Gasteiger partial charge in [-0.3, -0.25) is 4.79 Å². The van der Waals surface area contributed by atoms with Gasteiger partial charge in [-0.15, -0.1) is 0 Å². The second-order valence-corrected chi connectivity index (χ2v) is 5.24. The minimum absolute atomic E-state index is 0.0693. The summed E-state index contributed by atoms with van der Waals surface area (Å²) in [5.74, 6) is -0.0693. The molecule has 0 aromatic heterocycles. The number of hydrogen-bond acceptors (Lipinski definition) is 1. The van der Waals surface area contributed by atoms with E-state index >= 15 is 0 Å². The van der Waals surface area contributed by atoms with Crippen molar-refractivity contribution in [3.63, 3.8) is 0 Å². The maximum absolute atomic E-state index is 12.2. The Morgan fingerprint density at radius 1 is 1.20 bits per heavy atom. The molecule has 0 aliphatic rings. The Morgan fingerprint density at radius 2 is 1.90 bits per heavy atom. The lowest BCUT2D eigenvalue weighted by atomic mass is 10.1. The predicted molar refractivity (Wildman–Crippen MR) is 83.2 cm³/mol. The van der Waals surface area contributed by atoms with Gasteiger partial charge in [0.25, 0.3) is 5.91 Å². The van der Waals surface area contributed by atoms with E-state index in [1.807, 2.05) is 55.5 Å². The molecule has 20 heavy (non-hydrogen) atoms. The average Bonchev–Trinajstić information content (AvgIpc) is 2.47. The summed E-state index contributed by atoms with van der Waals surface area (Å²) in [5, 5.41) is 3.66. The van der Waals surface area contributed by atoms with E-state index < -0.39 is 0 Å². The van der Waals surface area contributed by atoms with Crippen molar-refractivity contribution in [3.8, 4) is 0 Å². The largest absolute Gasteiger partial charge is 0.346 e. The van der Waals surface area contributed by atoms with Crippen molar-refractivity contribution in [2.75, 3.05) is 0 Å². The first-order valence-electron chi connectivity index (χ1n) is 6.75. The van der Waals surface area contributed by atoms with Gasteiger partial charge < -0.3 is 5.32 Å². The van der Waals surface area contributed by atoms with Crippen LogP contribution >= 0.6 is 11.6 Å². The van der Waals surface area contributed by atoms with E-state index in [9.17, 15) is 4.79 Å². The molecular formula is C17H18ClNO. The van der Waals surface area contributed by atoms with Gasteiger partial charge in [0.05, 0.1) is 6.04 Å². The normalized spacial score (nSPS) is 11.9. The van der Waals surface area contributed by atoms with Gasteiger partial charge in [-0.1, -0.05) is 42.8 Å². The molecule has 0 spiro atoms. The van der Waals surface area contributed by atoms with Crippen LogP contribution in [0.4, 0.5) is 0 Å². The van der Waals surface area contributed by atoms with Crippen LogP contribution in [0.3, 0.4) is 0 Å². The molecule has 2 rings (SSSR count).